The Morgan fingerprint density at radius 2 is 1.26 bits per heavy atom. The van der Waals surface area contributed by atoms with Gasteiger partial charge in [-0.1, -0.05) is 84.9 Å². The predicted molar refractivity (Wildman–Crippen MR) is 98.1 cm³/mol. The molecule has 0 aliphatic carbocycles. The largest absolute Gasteiger partial charge is 0.158 e. The Bertz CT molecular complexity index is 801. The highest BCUT2D eigenvalue weighted by Gasteiger charge is 1.99. The van der Waals surface area contributed by atoms with Gasteiger partial charge in [0.15, 0.2) is 0 Å². The van der Waals surface area contributed by atoms with E-state index >= 15 is 0 Å². The van der Waals surface area contributed by atoms with Gasteiger partial charge in [0.05, 0.1) is 11.9 Å². The van der Waals surface area contributed by atoms with Crippen LogP contribution in [0.1, 0.15) is 18.1 Å². The molecule has 0 bridgehead atoms. The number of nitrogens with zero attached hydrogens (tertiary/aromatic N) is 2. The molecule has 3 aromatic rings. The molecule has 23 heavy (non-hydrogen) atoms. The van der Waals surface area contributed by atoms with Crippen molar-refractivity contribution in [3.05, 3.63) is 96.1 Å². The Morgan fingerprint density at radius 1 is 0.696 bits per heavy atom. The van der Waals surface area contributed by atoms with Crippen LogP contribution in [0.2, 0.25) is 0 Å². The number of benzene rings is 3. The summed E-state index contributed by atoms with van der Waals surface area (Å²) in [7, 11) is 0. The molecule has 0 heterocycles. The summed E-state index contributed by atoms with van der Waals surface area (Å²) in [6, 6.07) is 28.7. The van der Waals surface area contributed by atoms with E-state index < -0.39 is 0 Å². The fourth-order valence-corrected chi connectivity index (χ4v) is 2.31. The first-order valence-corrected chi connectivity index (χ1v) is 7.61. The Kier molecular flexibility index (Phi) is 4.75. The Balaban J connectivity index is 1.74. The molecule has 112 valence electrons. The molecule has 0 atom stereocenters. The van der Waals surface area contributed by atoms with Gasteiger partial charge in [0, 0.05) is 0 Å². The van der Waals surface area contributed by atoms with Gasteiger partial charge in [0.1, 0.15) is 0 Å². The Hall–Kier alpha value is -3.00. The summed E-state index contributed by atoms with van der Waals surface area (Å²) in [5, 5.41) is 8.44. The van der Waals surface area contributed by atoms with E-state index in [1.54, 1.807) is 6.21 Å². The van der Waals surface area contributed by atoms with Crippen LogP contribution in [0, 0.1) is 0 Å². The zero-order valence-corrected chi connectivity index (χ0v) is 13.1. The van der Waals surface area contributed by atoms with E-state index in [1.807, 2.05) is 55.5 Å². The van der Waals surface area contributed by atoms with Crippen molar-refractivity contribution in [3.8, 4) is 11.1 Å². The molecule has 0 aromatic heterocycles. The van der Waals surface area contributed by atoms with Crippen LogP contribution in [0.5, 0.6) is 0 Å². The van der Waals surface area contributed by atoms with E-state index in [4.69, 9.17) is 0 Å². The van der Waals surface area contributed by atoms with Gasteiger partial charge < -0.3 is 0 Å². The molecule has 0 unspecified atom stereocenters. The first-order valence-electron chi connectivity index (χ1n) is 7.61. The topological polar surface area (TPSA) is 24.7 Å². The van der Waals surface area contributed by atoms with Gasteiger partial charge >= 0.3 is 0 Å². The summed E-state index contributed by atoms with van der Waals surface area (Å²) in [6.07, 6.45) is 1.77. The van der Waals surface area contributed by atoms with Crippen LogP contribution in [0.3, 0.4) is 0 Å². The fraction of sp³-hybridized carbons (Fsp3) is 0.0476. The van der Waals surface area contributed by atoms with Gasteiger partial charge in [0.25, 0.3) is 0 Å². The van der Waals surface area contributed by atoms with Gasteiger partial charge in [-0.05, 0) is 29.2 Å². The second-order valence-electron chi connectivity index (χ2n) is 5.28. The maximum absolute atomic E-state index is 4.28. The van der Waals surface area contributed by atoms with Crippen LogP contribution in [0.25, 0.3) is 11.1 Å². The van der Waals surface area contributed by atoms with Crippen molar-refractivity contribution in [2.75, 3.05) is 0 Å². The van der Waals surface area contributed by atoms with E-state index in [9.17, 15) is 0 Å². The highest BCUT2D eigenvalue weighted by molar-refractivity contribution is 5.99. The molecule has 0 saturated heterocycles. The first kappa shape index (κ1) is 14.9. The van der Waals surface area contributed by atoms with Crippen molar-refractivity contribution in [3.63, 3.8) is 0 Å². The van der Waals surface area contributed by atoms with E-state index in [0.29, 0.717) is 0 Å². The SMILES string of the molecule is CC(=NN=Cc1ccccc1)c1ccc(-c2ccccc2)cc1. The lowest BCUT2D eigenvalue weighted by Gasteiger charge is -2.03. The van der Waals surface area contributed by atoms with Crippen LogP contribution in [-0.4, -0.2) is 11.9 Å². The highest BCUT2D eigenvalue weighted by Crippen LogP contribution is 2.19. The smallest absolute Gasteiger partial charge is 0.0671 e. The molecule has 0 radical (unpaired) electrons. The van der Waals surface area contributed by atoms with Crippen LogP contribution in [0.4, 0.5) is 0 Å². The van der Waals surface area contributed by atoms with Gasteiger partial charge in [-0.3, -0.25) is 0 Å². The molecule has 3 aromatic carbocycles. The minimum absolute atomic E-state index is 0.900. The third kappa shape index (κ3) is 4.01. The maximum Gasteiger partial charge on any atom is 0.0671 e. The zero-order valence-electron chi connectivity index (χ0n) is 13.1. The number of rotatable bonds is 4. The lowest BCUT2D eigenvalue weighted by molar-refractivity contribution is 1.24. The minimum atomic E-state index is 0.900. The minimum Gasteiger partial charge on any atom is -0.158 e. The van der Waals surface area contributed by atoms with Gasteiger partial charge in [-0.15, -0.1) is 0 Å². The molecule has 0 spiro atoms. The summed E-state index contributed by atoms with van der Waals surface area (Å²) in [5.41, 5.74) is 5.45. The quantitative estimate of drug-likeness (QED) is 0.467. The Morgan fingerprint density at radius 3 is 1.91 bits per heavy atom. The van der Waals surface area contributed by atoms with Crippen LogP contribution in [0.15, 0.2) is 95.1 Å². The van der Waals surface area contributed by atoms with Crippen LogP contribution < -0.4 is 0 Å². The lowest BCUT2D eigenvalue weighted by Crippen LogP contribution is -1.93. The molecule has 2 nitrogen and oxygen atoms in total. The van der Waals surface area contributed by atoms with E-state index in [2.05, 4.69) is 46.6 Å². The highest BCUT2D eigenvalue weighted by atomic mass is 15.2. The molecule has 0 fully saturated rings. The normalized spacial score (nSPS) is 11.8. The average Bonchev–Trinajstić information content (AvgIpc) is 2.63. The van der Waals surface area contributed by atoms with Gasteiger partial charge in [-0.2, -0.15) is 10.2 Å². The molecule has 0 N–H and O–H groups in total. The molecular formula is C21H18N2. The third-order valence-electron chi connectivity index (χ3n) is 3.62. The Labute approximate surface area is 136 Å². The molecule has 0 amide bonds. The summed E-state index contributed by atoms with van der Waals surface area (Å²) in [5.74, 6) is 0. The van der Waals surface area contributed by atoms with Crippen molar-refractivity contribution in [1.82, 2.24) is 0 Å². The number of hydrogen-bond donors (Lipinski definition) is 0. The van der Waals surface area contributed by atoms with Crippen LogP contribution in [-0.2, 0) is 0 Å². The van der Waals surface area contributed by atoms with E-state index in [1.165, 1.54) is 11.1 Å². The summed E-state index contributed by atoms with van der Waals surface area (Å²) in [4.78, 5) is 0. The average molecular weight is 298 g/mol. The molecule has 0 aliphatic heterocycles. The van der Waals surface area contributed by atoms with Crippen molar-refractivity contribution < 1.29 is 0 Å². The van der Waals surface area contributed by atoms with Crippen molar-refractivity contribution in [2.24, 2.45) is 10.2 Å². The molecule has 0 aliphatic rings. The van der Waals surface area contributed by atoms with Crippen molar-refractivity contribution >= 4 is 11.9 Å². The fourth-order valence-electron chi connectivity index (χ4n) is 2.31. The monoisotopic (exact) mass is 298 g/mol. The first-order chi connectivity index (χ1) is 11.3. The van der Waals surface area contributed by atoms with Gasteiger partial charge in [0.2, 0.25) is 0 Å². The molecule has 0 saturated carbocycles. The van der Waals surface area contributed by atoms with E-state index in [0.717, 1.165) is 16.8 Å². The molecule has 3 rings (SSSR count). The standard InChI is InChI=1S/C21H18N2/c1-17(23-22-16-18-8-4-2-5-9-18)19-12-14-21(15-13-19)20-10-6-3-7-11-20/h2-16H,1H3. The maximum atomic E-state index is 4.28. The predicted octanol–water partition coefficient (Wildman–Crippen LogP) is 5.20. The van der Waals surface area contributed by atoms with Crippen molar-refractivity contribution in [2.45, 2.75) is 6.92 Å². The second-order valence-corrected chi connectivity index (χ2v) is 5.28. The lowest BCUT2D eigenvalue weighted by atomic mass is 10.0. The summed E-state index contributed by atoms with van der Waals surface area (Å²) < 4.78 is 0. The van der Waals surface area contributed by atoms with Crippen molar-refractivity contribution in [1.29, 1.82) is 0 Å². The molecular weight excluding hydrogens is 280 g/mol. The zero-order chi connectivity index (χ0) is 15.9. The van der Waals surface area contributed by atoms with E-state index in [-0.39, 0.29) is 0 Å². The van der Waals surface area contributed by atoms with Crippen LogP contribution >= 0.6 is 0 Å². The summed E-state index contributed by atoms with van der Waals surface area (Å²) in [6.45, 7) is 1.97. The second kappa shape index (κ2) is 7.32. The molecule has 2 heteroatoms. The number of hydrogen-bond acceptors (Lipinski definition) is 2. The van der Waals surface area contributed by atoms with Gasteiger partial charge in [-0.25, -0.2) is 0 Å². The summed E-state index contributed by atoms with van der Waals surface area (Å²) >= 11 is 0. The third-order valence-corrected chi connectivity index (χ3v) is 3.62.